The number of urea groups is 1. The van der Waals surface area contributed by atoms with Crippen molar-refractivity contribution in [2.75, 3.05) is 19.5 Å². The van der Waals surface area contributed by atoms with Crippen molar-refractivity contribution < 1.29 is 14.3 Å². The van der Waals surface area contributed by atoms with Crippen LogP contribution in [0.15, 0.2) is 36.5 Å². The highest BCUT2D eigenvalue weighted by Crippen LogP contribution is 2.26. The van der Waals surface area contributed by atoms with Gasteiger partial charge in [0, 0.05) is 24.9 Å². The fourth-order valence-corrected chi connectivity index (χ4v) is 1.96. The number of carbonyl (C=O) groups excluding carboxylic acids is 2. The van der Waals surface area contributed by atoms with Crippen LogP contribution in [0.3, 0.4) is 0 Å². The van der Waals surface area contributed by atoms with E-state index >= 15 is 0 Å². The molecule has 0 saturated heterocycles. The maximum Gasteiger partial charge on any atom is 0.316 e. The molecule has 0 aliphatic carbocycles. The molecule has 7 heteroatoms. The fraction of sp³-hybridized carbons (Fsp3) is 0.133. The number of methoxy groups -OCH3 is 1. The van der Waals surface area contributed by atoms with E-state index in [0.29, 0.717) is 17.1 Å². The Balaban J connectivity index is 2.44. The summed E-state index contributed by atoms with van der Waals surface area (Å²) in [5.41, 5.74) is 7.41. The average molecular weight is 300 g/mol. The number of hydrogen-bond acceptors (Lipinski definition) is 4. The Kier molecular flexibility index (Phi) is 4.57. The van der Waals surface area contributed by atoms with Crippen LogP contribution in [-0.2, 0) is 0 Å². The van der Waals surface area contributed by atoms with Crippen LogP contribution in [0, 0.1) is 0 Å². The van der Waals surface area contributed by atoms with Crippen LogP contribution in [0.1, 0.15) is 10.4 Å². The van der Waals surface area contributed by atoms with Gasteiger partial charge in [0.1, 0.15) is 0 Å². The highest BCUT2D eigenvalue weighted by Gasteiger charge is 2.13. The molecule has 0 aliphatic heterocycles. The van der Waals surface area contributed by atoms with Gasteiger partial charge >= 0.3 is 6.03 Å². The number of hydrogen-bond donors (Lipinski definition) is 3. The number of primary amides is 1. The van der Waals surface area contributed by atoms with E-state index in [0.717, 1.165) is 11.1 Å². The molecule has 0 atom stereocenters. The second-order valence-corrected chi connectivity index (χ2v) is 4.42. The lowest BCUT2D eigenvalue weighted by Gasteiger charge is -2.11. The number of amides is 3. The molecule has 1 aromatic heterocycles. The lowest BCUT2D eigenvalue weighted by molar-refractivity contribution is 0.0964. The number of nitrogens with zero attached hydrogens (tertiary/aromatic N) is 1. The van der Waals surface area contributed by atoms with E-state index in [2.05, 4.69) is 15.6 Å². The molecule has 2 aromatic rings. The van der Waals surface area contributed by atoms with Gasteiger partial charge in [-0.15, -0.1) is 0 Å². The molecule has 0 fully saturated rings. The summed E-state index contributed by atoms with van der Waals surface area (Å²) in [4.78, 5) is 27.1. The first kappa shape index (κ1) is 15.3. The zero-order chi connectivity index (χ0) is 16.1. The molecule has 4 N–H and O–H groups in total. The Labute approximate surface area is 127 Å². The zero-order valence-corrected chi connectivity index (χ0v) is 12.2. The number of benzene rings is 1. The molecule has 0 unspecified atom stereocenters. The number of carbonyl (C=O) groups is 2. The molecule has 1 heterocycles. The van der Waals surface area contributed by atoms with Crippen LogP contribution < -0.4 is 21.1 Å². The first-order valence-electron chi connectivity index (χ1n) is 6.48. The van der Waals surface area contributed by atoms with Gasteiger partial charge in [-0.25, -0.2) is 9.78 Å². The maximum atomic E-state index is 11.8. The summed E-state index contributed by atoms with van der Waals surface area (Å²) in [6.07, 6.45) is 1.64. The molecular weight excluding hydrogens is 284 g/mol. The number of ether oxygens (including phenoxy) is 1. The summed E-state index contributed by atoms with van der Waals surface area (Å²) in [6, 6.07) is 7.86. The van der Waals surface area contributed by atoms with E-state index in [1.54, 1.807) is 30.5 Å². The number of pyridine rings is 1. The third-order valence-corrected chi connectivity index (χ3v) is 3.03. The van der Waals surface area contributed by atoms with Crippen molar-refractivity contribution >= 4 is 17.6 Å². The van der Waals surface area contributed by atoms with Crippen molar-refractivity contribution in [1.82, 2.24) is 10.3 Å². The molecule has 7 nitrogen and oxygen atoms in total. The molecule has 1 aromatic carbocycles. The first-order valence-corrected chi connectivity index (χ1v) is 6.48. The van der Waals surface area contributed by atoms with Crippen molar-refractivity contribution in [3.05, 3.63) is 42.1 Å². The van der Waals surface area contributed by atoms with Gasteiger partial charge in [-0.2, -0.15) is 0 Å². The van der Waals surface area contributed by atoms with Crippen molar-refractivity contribution in [2.45, 2.75) is 0 Å². The molecule has 0 saturated carbocycles. The van der Waals surface area contributed by atoms with Crippen LogP contribution >= 0.6 is 0 Å². The molecule has 114 valence electrons. The van der Waals surface area contributed by atoms with Gasteiger partial charge in [0.15, 0.2) is 0 Å². The molecule has 2 rings (SSSR count). The van der Waals surface area contributed by atoms with Gasteiger partial charge in [-0.05, 0) is 23.8 Å². The van der Waals surface area contributed by atoms with E-state index in [-0.39, 0.29) is 5.91 Å². The van der Waals surface area contributed by atoms with Crippen molar-refractivity contribution in [3.63, 3.8) is 0 Å². The summed E-state index contributed by atoms with van der Waals surface area (Å²) in [6.45, 7) is 0. The van der Waals surface area contributed by atoms with E-state index in [1.807, 2.05) is 6.07 Å². The van der Waals surface area contributed by atoms with Gasteiger partial charge in [-0.1, -0.05) is 6.07 Å². The second kappa shape index (κ2) is 6.57. The molecule has 3 amide bonds. The van der Waals surface area contributed by atoms with Gasteiger partial charge in [0.25, 0.3) is 5.91 Å². The number of nitrogens with one attached hydrogen (secondary N) is 2. The smallest absolute Gasteiger partial charge is 0.316 e. The molecule has 0 radical (unpaired) electrons. The summed E-state index contributed by atoms with van der Waals surface area (Å²) in [5, 5.41) is 4.96. The topological polar surface area (TPSA) is 106 Å². The van der Waals surface area contributed by atoms with Crippen molar-refractivity contribution in [3.8, 4) is 17.0 Å². The van der Waals surface area contributed by atoms with Crippen LogP contribution in [0.2, 0.25) is 0 Å². The first-order chi connectivity index (χ1) is 10.5. The van der Waals surface area contributed by atoms with E-state index in [1.165, 1.54) is 14.2 Å². The minimum absolute atomic E-state index is 0.317. The van der Waals surface area contributed by atoms with Crippen LogP contribution in [0.4, 0.5) is 10.5 Å². The van der Waals surface area contributed by atoms with Crippen LogP contribution in [0.25, 0.3) is 11.1 Å². The predicted octanol–water partition coefficient (Wildman–Crippen LogP) is 1.61. The Morgan fingerprint density at radius 2 is 1.91 bits per heavy atom. The highest BCUT2D eigenvalue weighted by atomic mass is 16.5. The van der Waals surface area contributed by atoms with Gasteiger partial charge in [-0.3, -0.25) is 4.79 Å². The molecule has 0 aliphatic rings. The Bertz CT molecular complexity index is 698. The Hall–Kier alpha value is -3.09. The minimum atomic E-state index is -0.741. The summed E-state index contributed by atoms with van der Waals surface area (Å²) >= 11 is 0. The predicted molar refractivity (Wildman–Crippen MR) is 82.8 cm³/mol. The standard InChI is InChI=1S/C15H16N4O3/c1-17-14(20)11-5-3-9(7-12(11)19-15(16)21)10-4-6-13(22-2)18-8-10/h3-8H,1-2H3,(H,17,20)(H3,16,19,21). The summed E-state index contributed by atoms with van der Waals surface area (Å²) < 4.78 is 5.01. The SMILES string of the molecule is CNC(=O)c1ccc(-c2ccc(OC)nc2)cc1NC(N)=O. The van der Waals surface area contributed by atoms with E-state index < -0.39 is 6.03 Å². The largest absolute Gasteiger partial charge is 0.481 e. The molecule has 0 spiro atoms. The van der Waals surface area contributed by atoms with E-state index in [4.69, 9.17) is 10.5 Å². The summed E-state index contributed by atoms with van der Waals surface area (Å²) in [5.74, 6) is 0.185. The Morgan fingerprint density at radius 3 is 2.45 bits per heavy atom. The number of nitrogens with two attached hydrogens (primary N) is 1. The average Bonchev–Trinajstić information content (AvgIpc) is 2.53. The van der Waals surface area contributed by atoms with E-state index in [9.17, 15) is 9.59 Å². The fourth-order valence-electron chi connectivity index (χ4n) is 1.96. The third-order valence-electron chi connectivity index (χ3n) is 3.03. The van der Waals surface area contributed by atoms with Crippen molar-refractivity contribution in [2.24, 2.45) is 5.73 Å². The number of anilines is 1. The summed E-state index contributed by atoms with van der Waals surface area (Å²) in [7, 11) is 3.05. The van der Waals surface area contributed by atoms with Gasteiger partial charge in [0.2, 0.25) is 5.88 Å². The van der Waals surface area contributed by atoms with Crippen LogP contribution in [-0.4, -0.2) is 31.1 Å². The number of rotatable bonds is 4. The van der Waals surface area contributed by atoms with Gasteiger partial charge < -0.3 is 21.1 Å². The molecule has 22 heavy (non-hydrogen) atoms. The lowest BCUT2D eigenvalue weighted by Crippen LogP contribution is -2.24. The van der Waals surface area contributed by atoms with Gasteiger partial charge in [0.05, 0.1) is 18.4 Å². The highest BCUT2D eigenvalue weighted by molar-refractivity contribution is 6.03. The second-order valence-electron chi connectivity index (χ2n) is 4.42. The quantitative estimate of drug-likeness (QED) is 0.797. The maximum absolute atomic E-state index is 11.8. The van der Waals surface area contributed by atoms with Crippen LogP contribution in [0.5, 0.6) is 5.88 Å². The Morgan fingerprint density at radius 1 is 1.18 bits per heavy atom. The normalized spacial score (nSPS) is 9.91. The third kappa shape index (κ3) is 3.32. The minimum Gasteiger partial charge on any atom is -0.481 e. The zero-order valence-electron chi connectivity index (χ0n) is 12.2. The lowest BCUT2D eigenvalue weighted by atomic mass is 10.0. The monoisotopic (exact) mass is 300 g/mol. The number of aromatic nitrogens is 1. The molecule has 0 bridgehead atoms. The molecular formula is C15H16N4O3. The van der Waals surface area contributed by atoms with Crippen molar-refractivity contribution in [1.29, 1.82) is 0 Å².